The summed E-state index contributed by atoms with van der Waals surface area (Å²) in [7, 11) is 3.84. The van der Waals surface area contributed by atoms with Gasteiger partial charge in [-0.05, 0) is 24.5 Å². The van der Waals surface area contributed by atoms with Crippen molar-refractivity contribution < 1.29 is 14.4 Å². The maximum absolute atomic E-state index is 11.3. The van der Waals surface area contributed by atoms with Crippen molar-refractivity contribution in [1.82, 2.24) is 15.1 Å². The summed E-state index contributed by atoms with van der Waals surface area (Å²) in [6.07, 6.45) is 11.3. The number of carboxylic acids is 1. The average Bonchev–Trinajstić information content (AvgIpc) is 3.18. The molecule has 0 radical (unpaired) electrons. The lowest BCUT2D eigenvalue weighted by Crippen LogP contribution is -2.10. The average molecular weight is 386 g/mol. The molecule has 0 saturated heterocycles. The van der Waals surface area contributed by atoms with Gasteiger partial charge in [-0.2, -0.15) is 4.98 Å². The lowest BCUT2D eigenvalue weighted by atomic mass is 9.84. The van der Waals surface area contributed by atoms with Crippen LogP contribution in [0.1, 0.15) is 69.6 Å². The molecule has 2 aromatic rings. The predicted molar refractivity (Wildman–Crippen MR) is 107 cm³/mol. The van der Waals surface area contributed by atoms with Gasteiger partial charge in [-0.25, -0.2) is 4.98 Å². The number of anilines is 1. The van der Waals surface area contributed by atoms with Crippen molar-refractivity contribution in [2.75, 3.05) is 19.0 Å². The van der Waals surface area contributed by atoms with Gasteiger partial charge < -0.3 is 14.5 Å². The van der Waals surface area contributed by atoms with Gasteiger partial charge in [0.05, 0.1) is 6.42 Å². The molecule has 0 spiro atoms. The molecule has 7 nitrogen and oxygen atoms in total. The van der Waals surface area contributed by atoms with Crippen molar-refractivity contribution in [3.8, 4) is 11.4 Å². The van der Waals surface area contributed by atoms with Gasteiger partial charge in [-0.3, -0.25) is 4.79 Å². The zero-order chi connectivity index (χ0) is 19.9. The first-order valence-corrected chi connectivity index (χ1v) is 10.2. The molecule has 1 N–H and O–H groups in total. The number of aromatic nitrogens is 3. The van der Waals surface area contributed by atoms with Crippen LogP contribution in [0.25, 0.3) is 11.4 Å². The Balaban J connectivity index is 1.67. The molecule has 1 aliphatic rings. The highest BCUT2D eigenvalue weighted by atomic mass is 16.5. The number of pyridine rings is 1. The summed E-state index contributed by atoms with van der Waals surface area (Å²) in [4.78, 5) is 22.1. The second-order valence-electron chi connectivity index (χ2n) is 7.98. The van der Waals surface area contributed by atoms with Gasteiger partial charge in [-0.1, -0.05) is 50.1 Å². The van der Waals surface area contributed by atoms with Gasteiger partial charge in [0.2, 0.25) is 11.7 Å². The fourth-order valence-electron chi connectivity index (χ4n) is 3.97. The Morgan fingerprint density at radius 2 is 2.11 bits per heavy atom. The van der Waals surface area contributed by atoms with Crippen LogP contribution in [0.4, 0.5) is 5.82 Å². The van der Waals surface area contributed by atoms with Crippen LogP contribution in [0, 0.1) is 5.92 Å². The third kappa shape index (κ3) is 5.53. The summed E-state index contributed by atoms with van der Waals surface area (Å²) < 4.78 is 5.47. The maximum atomic E-state index is 11.3. The van der Waals surface area contributed by atoms with Gasteiger partial charge in [0, 0.05) is 31.8 Å². The summed E-state index contributed by atoms with van der Waals surface area (Å²) >= 11 is 0. The molecule has 2 heterocycles. The molecule has 152 valence electrons. The molecular formula is C21H30N4O3. The smallest absolute Gasteiger partial charge is 0.304 e. The maximum Gasteiger partial charge on any atom is 0.304 e. The number of aliphatic carboxylic acids is 1. The van der Waals surface area contributed by atoms with Gasteiger partial charge in [0.1, 0.15) is 5.82 Å². The van der Waals surface area contributed by atoms with Crippen LogP contribution in [0.5, 0.6) is 0 Å². The predicted octanol–water partition coefficient (Wildman–Crippen LogP) is 4.51. The highest BCUT2D eigenvalue weighted by molar-refractivity contribution is 5.67. The van der Waals surface area contributed by atoms with E-state index in [1.807, 2.05) is 31.1 Å². The number of hydrogen-bond donors (Lipinski definition) is 1. The van der Waals surface area contributed by atoms with Gasteiger partial charge in [0.25, 0.3) is 0 Å². The molecule has 0 unspecified atom stereocenters. The van der Waals surface area contributed by atoms with Gasteiger partial charge >= 0.3 is 5.97 Å². The van der Waals surface area contributed by atoms with E-state index in [1.54, 1.807) is 6.20 Å². The molecule has 1 saturated carbocycles. The molecule has 1 atom stereocenters. The van der Waals surface area contributed by atoms with Gasteiger partial charge in [-0.15, -0.1) is 0 Å². The Bertz CT molecular complexity index is 769. The van der Waals surface area contributed by atoms with Crippen LogP contribution >= 0.6 is 0 Å². The van der Waals surface area contributed by atoms with E-state index in [2.05, 4.69) is 15.1 Å². The van der Waals surface area contributed by atoms with E-state index in [4.69, 9.17) is 4.52 Å². The van der Waals surface area contributed by atoms with Crippen LogP contribution < -0.4 is 4.90 Å². The largest absolute Gasteiger partial charge is 0.481 e. The minimum absolute atomic E-state index is 0.0194. The number of hydrogen-bond acceptors (Lipinski definition) is 6. The van der Waals surface area contributed by atoms with Crippen LogP contribution in [0.15, 0.2) is 22.9 Å². The van der Waals surface area contributed by atoms with E-state index in [1.165, 1.54) is 32.1 Å². The molecule has 28 heavy (non-hydrogen) atoms. The normalized spacial score (nSPS) is 16.1. The fourth-order valence-corrected chi connectivity index (χ4v) is 3.97. The van der Waals surface area contributed by atoms with Crippen molar-refractivity contribution in [2.24, 2.45) is 5.92 Å². The summed E-state index contributed by atoms with van der Waals surface area (Å²) in [6, 6.07) is 3.72. The van der Waals surface area contributed by atoms with E-state index in [0.29, 0.717) is 11.7 Å². The zero-order valence-electron chi connectivity index (χ0n) is 16.8. The van der Waals surface area contributed by atoms with E-state index in [9.17, 15) is 9.90 Å². The molecule has 0 amide bonds. The van der Waals surface area contributed by atoms with Gasteiger partial charge in [0.15, 0.2) is 0 Å². The van der Waals surface area contributed by atoms with Crippen molar-refractivity contribution in [3.05, 3.63) is 24.2 Å². The lowest BCUT2D eigenvalue weighted by molar-refractivity contribution is -0.137. The van der Waals surface area contributed by atoms with Crippen molar-refractivity contribution in [2.45, 2.75) is 63.7 Å². The first-order valence-electron chi connectivity index (χ1n) is 10.2. The molecule has 7 heteroatoms. The molecule has 1 aliphatic carbocycles. The van der Waals surface area contributed by atoms with Crippen molar-refractivity contribution >= 4 is 11.8 Å². The first kappa shape index (κ1) is 20.3. The lowest BCUT2D eigenvalue weighted by Gasteiger charge is -2.21. The molecule has 1 fully saturated rings. The highest BCUT2D eigenvalue weighted by Gasteiger charge is 2.23. The molecule has 0 aliphatic heterocycles. The first-order chi connectivity index (χ1) is 13.5. The van der Waals surface area contributed by atoms with E-state index in [-0.39, 0.29) is 12.3 Å². The molecule has 0 bridgehead atoms. The Hall–Kier alpha value is -2.44. The van der Waals surface area contributed by atoms with E-state index >= 15 is 0 Å². The van der Waals surface area contributed by atoms with E-state index < -0.39 is 5.97 Å². The monoisotopic (exact) mass is 386 g/mol. The van der Waals surface area contributed by atoms with Crippen molar-refractivity contribution in [1.29, 1.82) is 0 Å². The number of rotatable bonds is 9. The second kappa shape index (κ2) is 9.66. The SMILES string of the molecule is CN(C)c1cc(-c2noc([C@H](CCCC3CCCCC3)CC(=O)O)n2)ccn1. The number of carboxylic acid groups (broad SMARTS) is 1. The Labute approximate surface area is 166 Å². The fraction of sp³-hybridized carbons (Fsp3) is 0.619. The highest BCUT2D eigenvalue weighted by Crippen LogP contribution is 2.31. The number of carbonyl (C=O) groups is 1. The second-order valence-corrected chi connectivity index (χ2v) is 7.98. The molecule has 0 aromatic carbocycles. The van der Waals surface area contributed by atoms with Crippen LogP contribution in [0.3, 0.4) is 0 Å². The molecular weight excluding hydrogens is 356 g/mol. The minimum Gasteiger partial charge on any atom is -0.481 e. The van der Waals surface area contributed by atoms with Crippen LogP contribution in [-0.2, 0) is 4.79 Å². The van der Waals surface area contributed by atoms with Crippen LogP contribution in [-0.4, -0.2) is 40.3 Å². The summed E-state index contributed by atoms with van der Waals surface area (Å²) in [5, 5.41) is 13.4. The van der Waals surface area contributed by atoms with Crippen molar-refractivity contribution in [3.63, 3.8) is 0 Å². The quantitative estimate of drug-likeness (QED) is 0.678. The Kier molecular flexibility index (Phi) is 7.01. The number of nitrogens with zero attached hydrogens (tertiary/aromatic N) is 4. The Morgan fingerprint density at radius 1 is 1.32 bits per heavy atom. The zero-order valence-corrected chi connectivity index (χ0v) is 16.8. The topological polar surface area (TPSA) is 92.4 Å². The summed E-state index contributed by atoms with van der Waals surface area (Å²) in [5.74, 6) is 1.42. The standard InChI is InChI=1S/C21H30N4O3/c1-25(2)18-13-16(11-12-22-18)20-23-21(28-24-20)17(14-19(26)27)10-6-9-15-7-4-3-5-8-15/h11-13,15,17H,3-10,14H2,1-2H3,(H,26,27)/t17-/m1/s1. The third-order valence-electron chi connectivity index (χ3n) is 5.56. The minimum atomic E-state index is -0.832. The third-order valence-corrected chi connectivity index (χ3v) is 5.56. The Morgan fingerprint density at radius 3 is 2.82 bits per heavy atom. The molecule has 2 aromatic heterocycles. The van der Waals surface area contributed by atoms with E-state index in [0.717, 1.165) is 36.6 Å². The van der Waals surface area contributed by atoms with Crippen LogP contribution in [0.2, 0.25) is 0 Å². The summed E-state index contributed by atoms with van der Waals surface area (Å²) in [6.45, 7) is 0. The summed E-state index contributed by atoms with van der Waals surface area (Å²) in [5.41, 5.74) is 0.810. The molecule has 3 rings (SSSR count).